The van der Waals surface area contributed by atoms with Crippen molar-refractivity contribution < 1.29 is 9.53 Å². The molecular formula is C15H18O2. The third-order valence-corrected chi connectivity index (χ3v) is 4.08. The Morgan fingerprint density at radius 2 is 2.06 bits per heavy atom. The molecule has 0 unspecified atom stereocenters. The van der Waals surface area contributed by atoms with E-state index in [2.05, 4.69) is 0 Å². The van der Waals surface area contributed by atoms with E-state index in [4.69, 9.17) is 4.74 Å². The van der Waals surface area contributed by atoms with Gasteiger partial charge in [-0.05, 0) is 37.8 Å². The highest BCUT2D eigenvalue weighted by Gasteiger charge is 2.33. The minimum atomic E-state index is 0.260. The van der Waals surface area contributed by atoms with E-state index < -0.39 is 0 Å². The molecular weight excluding hydrogens is 212 g/mol. The molecule has 0 aromatic heterocycles. The first kappa shape index (κ1) is 10.8. The summed E-state index contributed by atoms with van der Waals surface area (Å²) in [6.07, 6.45) is 5.65. The molecule has 1 saturated carbocycles. The minimum absolute atomic E-state index is 0.260. The molecule has 0 amide bonds. The van der Waals surface area contributed by atoms with E-state index >= 15 is 0 Å². The first-order valence-electron chi connectivity index (χ1n) is 6.55. The van der Waals surface area contributed by atoms with Crippen molar-refractivity contribution in [2.75, 3.05) is 0 Å². The fourth-order valence-electron chi connectivity index (χ4n) is 3.16. The number of aryl methyl sites for hydroxylation is 1. The van der Waals surface area contributed by atoms with Crippen LogP contribution < -0.4 is 4.74 Å². The zero-order valence-corrected chi connectivity index (χ0v) is 10.2. The van der Waals surface area contributed by atoms with E-state index in [1.165, 1.54) is 12.8 Å². The second-order valence-electron chi connectivity index (χ2n) is 5.28. The Hall–Kier alpha value is -1.31. The summed E-state index contributed by atoms with van der Waals surface area (Å²) >= 11 is 0. The number of hydrogen-bond donors (Lipinski definition) is 0. The molecule has 1 aliphatic heterocycles. The molecule has 1 fully saturated rings. The van der Waals surface area contributed by atoms with Crippen LogP contribution in [0.25, 0.3) is 0 Å². The van der Waals surface area contributed by atoms with Gasteiger partial charge in [0.05, 0.1) is 5.56 Å². The molecule has 1 aromatic carbocycles. The lowest BCUT2D eigenvalue weighted by Crippen LogP contribution is -2.29. The van der Waals surface area contributed by atoms with Crippen molar-refractivity contribution in [3.63, 3.8) is 0 Å². The van der Waals surface area contributed by atoms with Gasteiger partial charge in [-0.15, -0.1) is 0 Å². The molecule has 0 saturated heterocycles. The Labute approximate surface area is 102 Å². The predicted octanol–water partition coefficient (Wildman–Crippen LogP) is 3.52. The molecule has 2 nitrogen and oxygen atoms in total. The molecule has 1 aliphatic carbocycles. The fourth-order valence-corrected chi connectivity index (χ4v) is 3.16. The quantitative estimate of drug-likeness (QED) is 0.681. The van der Waals surface area contributed by atoms with Gasteiger partial charge in [-0.25, -0.2) is 0 Å². The minimum Gasteiger partial charge on any atom is -0.489 e. The van der Waals surface area contributed by atoms with Gasteiger partial charge < -0.3 is 4.74 Å². The van der Waals surface area contributed by atoms with Crippen molar-refractivity contribution in [1.82, 2.24) is 0 Å². The van der Waals surface area contributed by atoms with Gasteiger partial charge in [0.25, 0.3) is 0 Å². The molecule has 0 spiro atoms. The number of hydrogen-bond acceptors (Lipinski definition) is 2. The summed E-state index contributed by atoms with van der Waals surface area (Å²) in [5.41, 5.74) is 1.87. The van der Waals surface area contributed by atoms with E-state index in [9.17, 15) is 4.79 Å². The number of benzene rings is 1. The number of ether oxygens (including phenoxy) is 1. The Kier molecular flexibility index (Phi) is 2.65. The van der Waals surface area contributed by atoms with Crippen molar-refractivity contribution in [2.24, 2.45) is 5.92 Å². The smallest absolute Gasteiger partial charge is 0.167 e. The number of Topliss-reactive ketones (excluding diaryl/α,β-unsaturated/α-hetero) is 1. The topological polar surface area (TPSA) is 26.3 Å². The normalized spacial score (nSPS) is 27.7. The lowest BCUT2D eigenvalue weighted by molar-refractivity contribution is 0.0811. The Morgan fingerprint density at radius 1 is 1.24 bits per heavy atom. The van der Waals surface area contributed by atoms with Crippen LogP contribution in [0, 0.1) is 12.8 Å². The van der Waals surface area contributed by atoms with E-state index in [0.29, 0.717) is 12.3 Å². The average molecular weight is 230 g/mol. The molecule has 1 heterocycles. The maximum absolute atomic E-state index is 12.3. The molecule has 1 aromatic rings. The summed E-state index contributed by atoms with van der Waals surface area (Å²) in [6, 6.07) is 5.91. The van der Waals surface area contributed by atoms with Crippen LogP contribution in [0.15, 0.2) is 18.2 Å². The van der Waals surface area contributed by atoms with Crippen LogP contribution in [0.5, 0.6) is 5.75 Å². The lowest BCUT2D eigenvalue weighted by atomic mass is 9.83. The predicted molar refractivity (Wildman–Crippen MR) is 66.5 cm³/mol. The summed E-state index contributed by atoms with van der Waals surface area (Å²) in [5, 5.41) is 0. The monoisotopic (exact) mass is 230 g/mol. The Balaban J connectivity index is 2.02. The second kappa shape index (κ2) is 4.17. The SMILES string of the molecule is Cc1cccc2c1C(=O)C[C@H]1CCCC[C@@H]1O2. The molecule has 0 radical (unpaired) electrons. The number of ketones is 1. The number of rotatable bonds is 0. The largest absolute Gasteiger partial charge is 0.489 e. The Bertz CT molecular complexity index is 450. The van der Waals surface area contributed by atoms with Crippen molar-refractivity contribution in [2.45, 2.75) is 45.1 Å². The molecule has 2 aliphatic rings. The first-order valence-corrected chi connectivity index (χ1v) is 6.55. The van der Waals surface area contributed by atoms with Gasteiger partial charge in [0.2, 0.25) is 0 Å². The van der Waals surface area contributed by atoms with Gasteiger partial charge in [-0.3, -0.25) is 4.79 Å². The summed E-state index contributed by atoms with van der Waals surface area (Å²) in [4.78, 5) is 12.3. The van der Waals surface area contributed by atoms with Crippen molar-refractivity contribution in [1.29, 1.82) is 0 Å². The van der Waals surface area contributed by atoms with Gasteiger partial charge >= 0.3 is 0 Å². The van der Waals surface area contributed by atoms with Crippen LogP contribution in [0.1, 0.15) is 48.0 Å². The zero-order chi connectivity index (χ0) is 11.8. The maximum Gasteiger partial charge on any atom is 0.167 e. The highest BCUT2D eigenvalue weighted by molar-refractivity contribution is 6.00. The third-order valence-electron chi connectivity index (χ3n) is 4.08. The molecule has 3 rings (SSSR count). The van der Waals surface area contributed by atoms with Crippen LogP contribution in [0.3, 0.4) is 0 Å². The summed E-state index contributed by atoms with van der Waals surface area (Å²) in [5.74, 6) is 1.51. The van der Waals surface area contributed by atoms with Crippen molar-refractivity contribution in [3.05, 3.63) is 29.3 Å². The molecule has 0 N–H and O–H groups in total. The van der Waals surface area contributed by atoms with Gasteiger partial charge in [0.15, 0.2) is 5.78 Å². The molecule has 2 heteroatoms. The summed E-state index contributed by atoms with van der Waals surface area (Å²) in [7, 11) is 0. The summed E-state index contributed by atoms with van der Waals surface area (Å²) in [6.45, 7) is 2.00. The highest BCUT2D eigenvalue weighted by Crippen LogP contribution is 2.37. The average Bonchev–Trinajstić information content (AvgIpc) is 2.45. The van der Waals surface area contributed by atoms with E-state index in [-0.39, 0.29) is 11.9 Å². The van der Waals surface area contributed by atoms with Crippen molar-refractivity contribution in [3.8, 4) is 5.75 Å². The third kappa shape index (κ3) is 1.86. The summed E-state index contributed by atoms with van der Waals surface area (Å²) < 4.78 is 6.09. The van der Waals surface area contributed by atoms with Crippen LogP contribution in [0.4, 0.5) is 0 Å². The highest BCUT2D eigenvalue weighted by atomic mass is 16.5. The van der Waals surface area contributed by atoms with Crippen LogP contribution in [-0.4, -0.2) is 11.9 Å². The van der Waals surface area contributed by atoms with Gasteiger partial charge in [-0.1, -0.05) is 18.6 Å². The number of carbonyl (C=O) groups is 1. The van der Waals surface area contributed by atoms with Crippen LogP contribution in [0.2, 0.25) is 0 Å². The Morgan fingerprint density at radius 3 is 2.94 bits per heavy atom. The molecule has 0 bridgehead atoms. The maximum atomic E-state index is 12.3. The molecule has 90 valence electrons. The van der Waals surface area contributed by atoms with Gasteiger partial charge in [0, 0.05) is 12.3 Å². The van der Waals surface area contributed by atoms with E-state index in [1.54, 1.807) is 0 Å². The van der Waals surface area contributed by atoms with E-state index in [1.807, 2.05) is 25.1 Å². The van der Waals surface area contributed by atoms with Gasteiger partial charge in [-0.2, -0.15) is 0 Å². The second-order valence-corrected chi connectivity index (χ2v) is 5.28. The first-order chi connectivity index (χ1) is 8.25. The number of carbonyl (C=O) groups excluding carboxylic acids is 1. The van der Waals surface area contributed by atoms with E-state index in [0.717, 1.165) is 29.7 Å². The van der Waals surface area contributed by atoms with Crippen molar-refractivity contribution >= 4 is 5.78 Å². The fraction of sp³-hybridized carbons (Fsp3) is 0.533. The number of fused-ring (bicyclic) bond motifs is 2. The van der Waals surface area contributed by atoms with Crippen LogP contribution >= 0.6 is 0 Å². The van der Waals surface area contributed by atoms with Gasteiger partial charge in [0.1, 0.15) is 11.9 Å². The zero-order valence-electron chi connectivity index (χ0n) is 10.2. The van der Waals surface area contributed by atoms with Crippen LogP contribution in [-0.2, 0) is 0 Å². The standard InChI is InChI=1S/C15H18O2/c1-10-5-4-8-14-15(10)12(16)9-11-6-2-3-7-13(11)17-14/h4-5,8,11,13H,2-3,6-7,9H2,1H3/t11-,13+/m1/s1. The molecule has 17 heavy (non-hydrogen) atoms. The molecule has 2 atom stereocenters. The lowest BCUT2D eigenvalue weighted by Gasteiger charge is -2.29.